The lowest BCUT2D eigenvalue weighted by Crippen LogP contribution is -2.64. The molecule has 0 aliphatic carbocycles. The first-order valence-corrected chi connectivity index (χ1v) is 9.40. The Morgan fingerprint density at radius 2 is 1.89 bits per heavy atom. The topological polar surface area (TPSA) is 61.4 Å². The summed E-state index contributed by atoms with van der Waals surface area (Å²) in [5, 5.41) is 6.81. The predicted molar refractivity (Wildman–Crippen MR) is 120 cm³/mol. The number of rotatable bonds is 7. The molecule has 0 aromatic heterocycles. The van der Waals surface area contributed by atoms with E-state index in [4.69, 9.17) is 9.47 Å². The Morgan fingerprint density at radius 3 is 2.48 bits per heavy atom. The molecular weight excluding hydrogens is 457 g/mol. The van der Waals surface area contributed by atoms with E-state index in [1.165, 1.54) is 26.2 Å². The van der Waals surface area contributed by atoms with E-state index in [1.807, 2.05) is 31.2 Å². The lowest BCUT2D eigenvalue weighted by Gasteiger charge is -2.47. The highest BCUT2D eigenvalue weighted by molar-refractivity contribution is 14.0. The van der Waals surface area contributed by atoms with E-state index in [2.05, 4.69) is 25.4 Å². The Hall–Kier alpha value is -1.26. The van der Waals surface area contributed by atoms with Gasteiger partial charge in [0.1, 0.15) is 6.10 Å². The van der Waals surface area contributed by atoms with Crippen LogP contribution in [0.3, 0.4) is 0 Å². The summed E-state index contributed by atoms with van der Waals surface area (Å²) in [5.41, 5.74) is 0. The van der Waals surface area contributed by atoms with Gasteiger partial charge in [-0.25, -0.2) is 0 Å². The molecule has 27 heavy (non-hydrogen) atoms. The summed E-state index contributed by atoms with van der Waals surface area (Å²) >= 11 is 0. The zero-order chi connectivity index (χ0) is 18.4. The van der Waals surface area contributed by atoms with Crippen LogP contribution < -0.4 is 20.1 Å². The summed E-state index contributed by atoms with van der Waals surface area (Å²) in [6, 6.07) is 8.27. The van der Waals surface area contributed by atoms with Crippen LogP contribution in [0.1, 0.15) is 6.92 Å². The maximum atomic E-state index is 5.98. The highest BCUT2D eigenvalue weighted by Gasteiger charge is 2.31. The molecule has 1 aromatic carbocycles. The van der Waals surface area contributed by atoms with Crippen LogP contribution in [-0.4, -0.2) is 87.9 Å². The number of halogens is 1. The summed E-state index contributed by atoms with van der Waals surface area (Å²) in [6.45, 7) is 9.55. The van der Waals surface area contributed by atoms with E-state index >= 15 is 0 Å². The van der Waals surface area contributed by atoms with Gasteiger partial charge in [-0.2, -0.15) is 0 Å². The monoisotopic (exact) mass is 489 g/mol. The molecule has 4 rings (SSSR count). The van der Waals surface area contributed by atoms with Crippen LogP contribution in [-0.2, 0) is 0 Å². The van der Waals surface area contributed by atoms with Crippen LogP contribution in [0.25, 0.3) is 0 Å². The minimum Gasteiger partial charge on any atom is -0.493 e. The number of para-hydroxylation sites is 2. The number of piperazine rings is 3. The number of benzene rings is 1. The molecule has 0 amide bonds. The van der Waals surface area contributed by atoms with E-state index < -0.39 is 0 Å². The first-order chi connectivity index (χ1) is 12.7. The Labute approximate surface area is 179 Å². The normalized spacial score (nSPS) is 25.3. The van der Waals surface area contributed by atoms with Gasteiger partial charge in [0.15, 0.2) is 17.5 Å². The van der Waals surface area contributed by atoms with Gasteiger partial charge in [-0.1, -0.05) is 12.1 Å². The van der Waals surface area contributed by atoms with E-state index in [-0.39, 0.29) is 30.1 Å². The summed E-state index contributed by atoms with van der Waals surface area (Å²) in [7, 11) is 3.46. The molecule has 0 saturated carbocycles. The SMILES string of the molecule is CN=C(NCC(C)Oc1ccccc1OC)NCC1CN2CCN1CC2.I. The van der Waals surface area contributed by atoms with Crippen molar-refractivity contribution in [1.29, 1.82) is 0 Å². The number of hydrogen-bond donors (Lipinski definition) is 2. The second-order valence-corrected chi connectivity index (χ2v) is 6.90. The van der Waals surface area contributed by atoms with Gasteiger partial charge in [-0.05, 0) is 19.1 Å². The van der Waals surface area contributed by atoms with Crippen LogP contribution in [0.5, 0.6) is 11.5 Å². The lowest BCUT2D eigenvalue weighted by molar-refractivity contribution is 0.0154. The van der Waals surface area contributed by atoms with Gasteiger partial charge in [-0.3, -0.25) is 14.8 Å². The molecule has 2 bridgehead atoms. The van der Waals surface area contributed by atoms with Crippen molar-refractivity contribution in [1.82, 2.24) is 20.4 Å². The third kappa shape index (κ3) is 6.11. The number of hydrogen-bond acceptors (Lipinski definition) is 5. The Morgan fingerprint density at radius 1 is 1.19 bits per heavy atom. The molecule has 2 unspecified atom stereocenters. The molecule has 3 heterocycles. The maximum Gasteiger partial charge on any atom is 0.191 e. The Bertz CT molecular complexity index is 608. The molecular formula is C19H32IN5O2. The van der Waals surface area contributed by atoms with Crippen molar-refractivity contribution in [3.63, 3.8) is 0 Å². The third-order valence-electron chi connectivity index (χ3n) is 5.08. The molecule has 3 saturated heterocycles. The zero-order valence-electron chi connectivity index (χ0n) is 16.5. The number of guanidine groups is 1. The van der Waals surface area contributed by atoms with E-state index in [0.717, 1.165) is 30.5 Å². The summed E-state index contributed by atoms with van der Waals surface area (Å²) in [5.74, 6) is 2.32. The van der Waals surface area contributed by atoms with Gasteiger partial charge in [0, 0.05) is 52.4 Å². The van der Waals surface area contributed by atoms with Gasteiger partial charge in [0.2, 0.25) is 0 Å². The largest absolute Gasteiger partial charge is 0.493 e. The highest BCUT2D eigenvalue weighted by atomic mass is 127. The van der Waals surface area contributed by atoms with Crippen LogP contribution in [0.4, 0.5) is 0 Å². The second-order valence-electron chi connectivity index (χ2n) is 6.90. The average Bonchev–Trinajstić information content (AvgIpc) is 2.69. The van der Waals surface area contributed by atoms with Crippen molar-refractivity contribution >= 4 is 29.9 Å². The third-order valence-corrected chi connectivity index (χ3v) is 5.08. The van der Waals surface area contributed by atoms with Crippen molar-refractivity contribution in [2.24, 2.45) is 4.99 Å². The minimum atomic E-state index is -0.00889. The van der Waals surface area contributed by atoms with Gasteiger partial charge < -0.3 is 20.1 Å². The lowest BCUT2D eigenvalue weighted by atomic mass is 10.1. The second kappa shape index (κ2) is 10.9. The van der Waals surface area contributed by atoms with Crippen LogP contribution >= 0.6 is 24.0 Å². The van der Waals surface area contributed by atoms with Crippen molar-refractivity contribution in [2.75, 3.05) is 60.0 Å². The number of fused-ring (bicyclic) bond motifs is 3. The molecule has 2 atom stereocenters. The summed E-state index contributed by atoms with van der Waals surface area (Å²) < 4.78 is 11.3. The van der Waals surface area contributed by atoms with Gasteiger partial charge in [0.25, 0.3) is 0 Å². The first kappa shape index (κ1) is 22.0. The molecule has 1 aromatic rings. The number of ether oxygens (including phenoxy) is 2. The molecule has 3 aliphatic rings. The Kier molecular flexibility index (Phi) is 8.91. The Balaban J connectivity index is 0.00000261. The predicted octanol–water partition coefficient (Wildman–Crippen LogP) is 1.25. The van der Waals surface area contributed by atoms with Gasteiger partial charge >= 0.3 is 0 Å². The smallest absolute Gasteiger partial charge is 0.191 e. The fourth-order valence-electron chi connectivity index (χ4n) is 3.57. The highest BCUT2D eigenvalue weighted by Crippen LogP contribution is 2.26. The summed E-state index contributed by atoms with van der Waals surface area (Å²) in [6.07, 6.45) is -0.00889. The van der Waals surface area contributed by atoms with Crippen molar-refractivity contribution in [2.45, 2.75) is 19.1 Å². The maximum absolute atomic E-state index is 5.98. The molecule has 7 nitrogen and oxygen atoms in total. The van der Waals surface area contributed by atoms with Gasteiger partial charge in [-0.15, -0.1) is 24.0 Å². The molecule has 8 heteroatoms. The molecule has 152 valence electrons. The summed E-state index contributed by atoms with van der Waals surface area (Å²) in [4.78, 5) is 9.45. The molecule has 0 radical (unpaired) electrons. The number of nitrogens with one attached hydrogen (secondary N) is 2. The van der Waals surface area contributed by atoms with Crippen LogP contribution in [0.15, 0.2) is 29.3 Å². The van der Waals surface area contributed by atoms with Crippen molar-refractivity contribution in [3.05, 3.63) is 24.3 Å². The van der Waals surface area contributed by atoms with Gasteiger partial charge in [0.05, 0.1) is 13.7 Å². The fourth-order valence-corrected chi connectivity index (χ4v) is 3.57. The van der Waals surface area contributed by atoms with Crippen LogP contribution in [0.2, 0.25) is 0 Å². The minimum absolute atomic E-state index is 0. The molecule has 0 spiro atoms. The quantitative estimate of drug-likeness (QED) is 0.342. The molecule has 3 fully saturated rings. The van der Waals surface area contributed by atoms with E-state index in [1.54, 1.807) is 14.2 Å². The number of nitrogens with zero attached hydrogens (tertiary/aromatic N) is 3. The number of methoxy groups -OCH3 is 1. The molecule has 3 aliphatic heterocycles. The average molecular weight is 489 g/mol. The number of aliphatic imine (C=N–C) groups is 1. The van der Waals surface area contributed by atoms with E-state index in [9.17, 15) is 0 Å². The zero-order valence-corrected chi connectivity index (χ0v) is 18.8. The van der Waals surface area contributed by atoms with Crippen molar-refractivity contribution < 1.29 is 9.47 Å². The molecule has 2 N–H and O–H groups in total. The fraction of sp³-hybridized carbons (Fsp3) is 0.632. The standard InChI is InChI=1S/C19H31N5O2.HI/c1-15(26-18-7-5-4-6-17(18)25-3)12-21-19(20-2)22-13-16-14-23-8-10-24(16)11-9-23;/h4-7,15-16H,8-14H2,1-3H3,(H2,20,21,22);1H. The van der Waals surface area contributed by atoms with Crippen LogP contribution in [0, 0.1) is 0 Å². The first-order valence-electron chi connectivity index (χ1n) is 9.40. The van der Waals surface area contributed by atoms with E-state index in [0.29, 0.717) is 12.6 Å². The van der Waals surface area contributed by atoms with Crippen molar-refractivity contribution in [3.8, 4) is 11.5 Å².